The van der Waals surface area contributed by atoms with E-state index in [1.165, 1.54) is 27.1 Å². The number of rotatable bonds is 6. The molecule has 0 heterocycles. The molecule has 0 aliphatic carbocycles. The highest BCUT2D eigenvalue weighted by Gasteiger charge is 2.20. The van der Waals surface area contributed by atoms with Crippen molar-refractivity contribution in [2.24, 2.45) is 0 Å². The SMILES string of the molecule is CC(C)(C)c1ccc2c(OCc3ccc4ccccc4c3)c3ccccc3c(OCc3ccc4ccccc4c3)c2c1. The number of fused-ring (bicyclic) bond motifs is 4. The molecule has 0 unspecified atom stereocenters. The first-order valence-electron chi connectivity index (χ1n) is 14.6. The van der Waals surface area contributed by atoms with Gasteiger partial charge in [0, 0.05) is 21.5 Å². The van der Waals surface area contributed by atoms with Crippen LogP contribution in [0.4, 0.5) is 0 Å². The van der Waals surface area contributed by atoms with Gasteiger partial charge in [-0.1, -0.05) is 130 Å². The van der Waals surface area contributed by atoms with E-state index in [-0.39, 0.29) is 5.41 Å². The molecule has 206 valence electrons. The molecule has 0 fully saturated rings. The number of hydrogen-bond donors (Lipinski definition) is 0. The fourth-order valence-electron chi connectivity index (χ4n) is 5.85. The van der Waals surface area contributed by atoms with E-state index < -0.39 is 0 Å². The largest absolute Gasteiger partial charge is 0.488 e. The Labute approximate surface area is 247 Å². The lowest BCUT2D eigenvalue weighted by Crippen LogP contribution is -2.11. The second kappa shape index (κ2) is 10.5. The van der Waals surface area contributed by atoms with Gasteiger partial charge in [-0.2, -0.15) is 0 Å². The summed E-state index contributed by atoms with van der Waals surface area (Å²) in [5.74, 6) is 1.80. The van der Waals surface area contributed by atoms with E-state index in [9.17, 15) is 0 Å². The Morgan fingerprint density at radius 3 is 1.40 bits per heavy atom. The van der Waals surface area contributed by atoms with E-state index in [4.69, 9.17) is 9.47 Å². The first-order valence-corrected chi connectivity index (χ1v) is 14.6. The van der Waals surface area contributed by atoms with Crippen LogP contribution in [0.1, 0.15) is 37.5 Å². The molecule has 0 bridgehead atoms. The van der Waals surface area contributed by atoms with Gasteiger partial charge in [0.1, 0.15) is 24.7 Å². The molecular weight excluding hydrogens is 512 g/mol. The van der Waals surface area contributed by atoms with Crippen molar-refractivity contribution in [3.63, 3.8) is 0 Å². The van der Waals surface area contributed by atoms with Gasteiger partial charge >= 0.3 is 0 Å². The molecule has 0 radical (unpaired) electrons. The molecule has 7 rings (SSSR count). The van der Waals surface area contributed by atoms with Crippen LogP contribution in [0.25, 0.3) is 43.1 Å². The predicted octanol–water partition coefficient (Wildman–Crippen LogP) is 10.8. The Morgan fingerprint density at radius 1 is 0.429 bits per heavy atom. The molecule has 0 aliphatic rings. The van der Waals surface area contributed by atoms with Crippen molar-refractivity contribution >= 4 is 43.1 Å². The van der Waals surface area contributed by atoms with Crippen molar-refractivity contribution in [2.45, 2.75) is 39.4 Å². The quantitative estimate of drug-likeness (QED) is 0.193. The normalized spacial score (nSPS) is 11.9. The average molecular weight is 547 g/mol. The molecule has 7 aromatic rings. The van der Waals surface area contributed by atoms with E-state index in [1.54, 1.807) is 0 Å². The zero-order valence-electron chi connectivity index (χ0n) is 24.4. The van der Waals surface area contributed by atoms with Crippen molar-refractivity contribution in [3.05, 3.63) is 144 Å². The third kappa shape index (κ3) is 4.94. The molecule has 2 heteroatoms. The third-order valence-electron chi connectivity index (χ3n) is 8.19. The van der Waals surface area contributed by atoms with Gasteiger partial charge in [-0.3, -0.25) is 0 Å². The van der Waals surface area contributed by atoms with E-state index in [0.717, 1.165) is 44.2 Å². The van der Waals surface area contributed by atoms with Crippen molar-refractivity contribution in [3.8, 4) is 11.5 Å². The summed E-state index contributed by atoms with van der Waals surface area (Å²) in [4.78, 5) is 0. The lowest BCUT2D eigenvalue weighted by molar-refractivity contribution is 0.308. The zero-order chi connectivity index (χ0) is 28.7. The highest BCUT2D eigenvalue weighted by atomic mass is 16.5. The summed E-state index contributed by atoms with van der Waals surface area (Å²) in [6.07, 6.45) is 0. The molecule has 0 aliphatic heterocycles. The summed E-state index contributed by atoms with van der Waals surface area (Å²) < 4.78 is 13.4. The maximum absolute atomic E-state index is 6.75. The van der Waals surface area contributed by atoms with Gasteiger partial charge in [0.25, 0.3) is 0 Å². The van der Waals surface area contributed by atoms with Gasteiger partial charge < -0.3 is 9.47 Å². The maximum atomic E-state index is 6.75. The molecule has 0 saturated heterocycles. The molecule has 0 spiro atoms. The molecule has 42 heavy (non-hydrogen) atoms. The molecule has 0 aromatic heterocycles. The minimum Gasteiger partial charge on any atom is -0.488 e. The van der Waals surface area contributed by atoms with Gasteiger partial charge in [0.05, 0.1) is 0 Å². The van der Waals surface area contributed by atoms with Crippen LogP contribution in [0.3, 0.4) is 0 Å². The van der Waals surface area contributed by atoms with Gasteiger partial charge in [0.2, 0.25) is 0 Å². The van der Waals surface area contributed by atoms with Crippen LogP contribution < -0.4 is 9.47 Å². The Hall–Kier alpha value is -4.82. The Bertz CT molecular complexity index is 2080. The fraction of sp³-hybridized carbons (Fsp3) is 0.150. The average Bonchev–Trinajstić information content (AvgIpc) is 3.01. The molecular formula is C40H34O2. The molecule has 0 saturated carbocycles. The van der Waals surface area contributed by atoms with Crippen LogP contribution in [0.2, 0.25) is 0 Å². The third-order valence-corrected chi connectivity index (χ3v) is 8.19. The highest BCUT2D eigenvalue weighted by Crippen LogP contribution is 2.44. The summed E-state index contributed by atoms with van der Waals surface area (Å²) in [6.45, 7) is 7.73. The van der Waals surface area contributed by atoms with Crippen LogP contribution in [-0.4, -0.2) is 0 Å². The van der Waals surface area contributed by atoms with Crippen LogP contribution in [0.5, 0.6) is 11.5 Å². The van der Waals surface area contributed by atoms with Gasteiger partial charge in [0.15, 0.2) is 0 Å². The second-order valence-electron chi connectivity index (χ2n) is 12.2. The van der Waals surface area contributed by atoms with E-state index >= 15 is 0 Å². The molecule has 0 N–H and O–H groups in total. The molecule has 0 amide bonds. The van der Waals surface area contributed by atoms with Gasteiger partial charge in [-0.25, -0.2) is 0 Å². The number of hydrogen-bond acceptors (Lipinski definition) is 2. The first-order chi connectivity index (χ1) is 20.4. The summed E-state index contributed by atoms with van der Waals surface area (Å²) >= 11 is 0. The van der Waals surface area contributed by atoms with E-state index in [0.29, 0.717) is 13.2 Å². The van der Waals surface area contributed by atoms with E-state index in [2.05, 4.69) is 148 Å². The van der Waals surface area contributed by atoms with Crippen LogP contribution in [-0.2, 0) is 18.6 Å². The van der Waals surface area contributed by atoms with Crippen molar-refractivity contribution in [1.29, 1.82) is 0 Å². The lowest BCUT2D eigenvalue weighted by Gasteiger charge is -2.23. The topological polar surface area (TPSA) is 18.5 Å². The maximum Gasteiger partial charge on any atom is 0.135 e. The van der Waals surface area contributed by atoms with Gasteiger partial charge in [-0.15, -0.1) is 0 Å². The smallest absolute Gasteiger partial charge is 0.135 e. The minimum atomic E-state index is 0.00155. The van der Waals surface area contributed by atoms with E-state index in [1.807, 2.05) is 0 Å². The predicted molar refractivity (Wildman–Crippen MR) is 177 cm³/mol. The fourth-order valence-corrected chi connectivity index (χ4v) is 5.85. The van der Waals surface area contributed by atoms with Crippen molar-refractivity contribution < 1.29 is 9.47 Å². The van der Waals surface area contributed by atoms with Crippen molar-refractivity contribution in [2.75, 3.05) is 0 Å². The molecule has 7 aromatic carbocycles. The molecule has 2 nitrogen and oxygen atoms in total. The number of ether oxygens (including phenoxy) is 2. The monoisotopic (exact) mass is 546 g/mol. The van der Waals surface area contributed by atoms with Crippen LogP contribution in [0, 0.1) is 0 Å². The Kier molecular flexibility index (Phi) is 6.55. The Balaban J connectivity index is 1.33. The van der Waals surface area contributed by atoms with Crippen molar-refractivity contribution in [1.82, 2.24) is 0 Å². The summed E-state index contributed by atoms with van der Waals surface area (Å²) in [6, 6.07) is 45.2. The van der Waals surface area contributed by atoms with Crippen LogP contribution in [0.15, 0.2) is 127 Å². The lowest BCUT2D eigenvalue weighted by atomic mass is 9.85. The minimum absolute atomic E-state index is 0.00155. The van der Waals surface area contributed by atoms with Gasteiger partial charge in [-0.05, 0) is 61.8 Å². The zero-order valence-corrected chi connectivity index (χ0v) is 24.4. The first kappa shape index (κ1) is 26.1. The summed E-state index contributed by atoms with van der Waals surface area (Å²) in [5.41, 5.74) is 3.56. The number of benzene rings is 7. The standard InChI is InChI=1S/C40H34O2/c1-40(2,3)33-20-21-36-37(24-33)39(42-26-28-17-19-30-11-5-7-13-32(30)23-28)35-15-9-8-14-34(35)38(36)41-25-27-16-18-29-10-4-6-12-31(29)22-27/h4-24H,25-26H2,1-3H3. The Morgan fingerprint density at radius 2 is 0.881 bits per heavy atom. The molecule has 0 atom stereocenters. The summed E-state index contributed by atoms with van der Waals surface area (Å²) in [7, 11) is 0. The summed E-state index contributed by atoms with van der Waals surface area (Å²) in [5, 5.41) is 9.18. The van der Waals surface area contributed by atoms with Crippen LogP contribution >= 0.6 is 0 Å². The second-order valence-corrected chi connectivity index (χ2v) is 12.2. The highest BCUT2D eigenvalue weighted by molar-refractivity contribution is 6.11.